The average Bonchev–Trinajstić information content (AvgIpc) is 2.62. The van der Waals surface area contributed by atoms with Crippen LogP contribution in [0.2, 0.25) is 10.0 Å². The molecule has 1 saturated heterocycles. The summed E-state index contributed by atoms with van der Waals surface area (Å²) in [5, 5.41) is 5.04. The van der Waals surface area contributed by atoms with Gasteiger partial charge in [-0.1, -0.05) is 29.3 Å². The van der Waals surface area contributed by atoms with Crippen molar-refractivity contribution in [1.82, 2.24) is 5.32 Å². The molecule has 0 aliphatic carbocycles. The van der Waals surface area contributed by atoms with E-state index in [2.05, 4.69) is 28.4 Å². The van der Waals surface area contributed by atoms with Crippen molar-refractivity contribution in [2.75, 3.05) is 31.1 Å². The summed E-state index contributed by atoms with van der Waals surface area (Å²) in [6.07, 6.45) is 3.70. The van der Waals surface area contributed by atoms with E-state index < -0.39 is 0 Å². The smallest absolute Gasteiger partial charge is 0.0499 e. The number of aryl methyl sites for hydroxylation is 1. The minimum Gasteiger partial charge on any atom is -0.371 e. The van der Waals surface area contributed by atoms with Crippen molar-refractivity contribution in [2.45, 2.75) is 25.2 Å². The van der Waals surface area contributed by atoms with E-state index in [1.807, 2.05) is 12.1 Å². The number of hydrogen-bond donors (Lipinski definition) is 1. The maximum atomic E-state index is 6.52. The minimum absolute atomic E-state index is 0.628. The Morgan fingerprint density at radius 3 is 2.92 bits per heavy atom. The fourth-order valence-corrected chi connectivity index (χ4v) is 5.51. The van der Waals surface area contributed by atoms with Crippen LogP contribution < -0.4 is 10.2 Å². The van der Waals surface area contributed by atoms with Gasteiger partial charge in [0, 0.05) is 46.8 Å². The summed E-state index contributed by atoms with van der Waals surface area (Å²) in [6.45, 7) is 4.69. The van der Waals surface area contributed by atoms with E-state index in [1.54, 1.807) is 0 Å². The normalized spacial score (nSPS) is 24.6. The summed E-state index contributed by atoms with van der Waals surface area (Å²) in [5.74, 6) is 1.40. The third-order valence-electron chi connectivity index (χ3n) is 6.13. The Balaban J connectivity index is 1.68. The molecule has 2 aromatic rings. The van der Waals surface area contributed by atoms with Gasteiger partial charge in [-0.3, -0.25) is 0 Å². The first-order valence-electron chi connectivity index (χ1n) is 9.28. The van der Waals surface area contributed by atoms with Crippen molar-refractivity contribution in [3.63, 3.8) is 0 Å². The Hall–Kier alpha value is -1.22. The molecule has 130 valence electrons. The van der Waals surface area contributed by atoms with Gasteiger partial charge in [-0.15, -0.1) is 0 Å². The first kappa shape index (κ1) is 16.0. The van der Waals surface area contributed by atoms with Crippen LogP contribution in [0.15, 0.2) is 30.3 Å². The highest BCUT2D eigenvalue weighted by atomic mass is 35.5. The van der Waals surface area contributed by atoms with Gasteiger partial charge in [0.1, 0.15) is 0 Å². The molecule has 3 aliphatic heterocycles. The summed E-state index contributed by atoms with van der Waals surface area (Å²) in [4.78, 5) is 2.65. The van der Waals surface area contributed by atoms with Gasteiger partial charge in [-0.05, 0) is 72.7 Å². The molecule has 2 unspecified atom stereocenters. The molecule has 2 atom stereocenters. The van der Waals surface area contributed by atoms with Gasteiger partial charge in [0.25, 0.3) is 0 Å². The predicted molar refractivity (Wildman–Crippen MR) is 106 cm³/mol. The number of nitrogens with zero attached hydrogens (tertiary/aromatic N) is 1. The number of nitrogens with one attached hydrogen (secondary N) is 1. The van der Waals surface area contributed by atoms with Crippen molar-refractivity contribution in [1.29, 1.82) is 0 Å². The number of rotatable bonds is 1. The lowest BCUT2D eigenvalue weighted by atomic mass is 9.74. The Kier molecular flexibility index (Phi) is 3.96. The number of benzene rings is 2. The lowest BCUT2D eigenvalue weighted by molar-refractivity contribution is 0.309. The van der Waals surface area contributed by atoms with E-state index in [1.165, 1.54) is 54.7 Å². The molecule has 0 aromatic heterocycles. The molecule has 3 heterocycles. The fourth-order valence-electron chi connectivity index (χ4n) is 4.99. The fraction of sp³-hybridized carbons (Fsp3) is 0.429. The minimum atomic E-state index is 0.628. The molecule has 4 heteroatoms. The van der Waals surface area contributed by atoms with Gasteiger partial charge in [-0.2, -0.15) is 0 Å². The SMILES string of the molecule is Clc1ccc(-c2cc3c4c(c2)C2CNCCC2CN4CCC3)c(Cl)c1. The van der Waals surface area contributed by atoms with Gasteiger partial charge in [-0.25, -0.2) is 0 Å². The molecule has 5 rings (SSSR count). The standard InChI is InChI=1S/C21H22Cl2N2/c22-16-3-4-17(20(23)10-16)15-8-13-2-1-7-25-12-14-5-6-24-11-19(14)18(9-15)21(13)25/h3-4,8-10,14,19,24H,1-2,5-7,11-12H2. The molecule has 0 saturated carbocycles. The zero-order valence-corrected chi connectivity index (χ0v) is 15.7. The second-order valence-corrected chi connectivity index (χ2v) is 8.45. The van der Waals surface area contributed by atoms with E-state index in [4.69, 9.17) is 23.2 Å². The summed E-state index contributed by atoms with van der Waals surface area (Å²) < 4.78 is 0. The van der Waals surface area contributed by atoms with Gasteiger partial charge in [0.15, 0.2) is 0 Å². The third-order valence-corrected chi connectivity index (χ3v) is 6.68. The molecule has 25 heavy (non-hydrogen) atoms. The lowest BCUT2D eigenvalue weighted by Crippen LogP contribution is -2.47. The van der Waals surface area contributed by atoms with Crippen LogP contribution in [-0.4, -0.2) is 26.2 Å². The zero-order chi connectivity index (χ0) is 17.0. The van der Waals surface area contributed by atoms with E-state index in [-0.39, 0.29) is 0 Å². The van der Waals surface area contributed by atoms with Gasteiger partial charge in [0.05, 0.1) is 0 Å². The first-order chi connectivity index (χ1) is 12.2. The number of piperidine rings is 1. The monoisotopic (exact) mass is 372 g/mol. The molecule has 0 spiro atoms. The average molecular weight is 373 g/mol. The second-order valence-electron chi connectivity index (χ2n) is 7.61. The van der Waals surface area contributed by atoms with Crippen LogP contribution in [0.5, 0.6) is 0 Å². The summed E-state index contributed by atoms with van der Waals surface area (Å²) in [5.41, 5.74) is 6.87. The number of hydrogen-bond acceptors (Lipinski definition) is 2. The van der Waals surface area contributed by atoms with Crippen LogP contribution in [0.4, 0.5) is 5.69 Å². The Labute approximate surface area is 159 Å². The third kappa shape index (κ3) is 2.66. The lowest BCUT2D eigenvalue weighted by Gasteiger charge is -2.46. The van der Waals surface area contributed by atoms with Crippen molar-refractivity contribution in [3.05, 3.63) is 51.5 Å². The van der Waals surface area contributed by atoms with E-state index in [9.17, 15) is 0 Å². The molecular formula is C21H22Cl2N2. The molecule has 2 nitrogen and oxygen atoms in total. The van der Waals surface area contributed by atoms with Crippen LogP contribution in [0.3, 0.4) is 0 Å². The van der Waals surface area contributed by atoms with E-state index in [0.717, 1.165) is 29.6 Å². The first-order valence-corrected chi connectivity index (χ1v) is 10.0. The number of anilines is 1. The van der Waals surface area contributed by atoms with Crippen LogP contribution in [0.1, 0.15) is 29.9 Å². The van der Waals surface area contributed by atoms with Crippen LogP contribution in [0, 0.1) is 5.92 Å². The molecule has 1 fully saturated rings. The number of fused-ring (bicyclic) bond motifs is 2. The second kappa shape index (κ2) is 6.19. The Morgan fingerprint density at radius 1 is 1.12 bits per heavy atom. The highest BCUT2D eigenvalue weighted by Gasteiger charge is 2.37. The van der Waals surface area contributed by atoms with Crippen molar-refractivity contribution < 1.29 is 0 Å². The maximum Gasteiger partial charge on any atom is 0.0499 e. The molecular weight excluding hydrogens is 351 g/mol. The topological polar surface area (TPSA) is 15.3 Å². The molecule has 3 aliphatic rings. The van der Waals surface area contributed by atoms with Crippen molar-refractivity contribution >= 4 is 28.9 Å². The zero-order valence-electron chi connectivity index (χ0n) is 14.2. The predicted octanol–water partition coefficient (Wildman–Crippen LogP) is 5.12. The van der Waals surface area contributed by atoms with E-state index >= 15 is 0 Å². The Bertz CT molecular complexity index is 833. The molecule has 0 amide bonds. The summed E-state index contributed by atoms with van der Waals surface area (Å²) >= 11 is 12.6. The molecule has 0 radical (unpaired) electrons. The van der Waals surface area contributed by atoms with Crippen LogP contribution >= 0.6 is 23.2 Å². The summed E-state index contributed by atoms with van der Waals surface area (Å²) in [7, 11) is 0. The molecule has 2 aromatic carbocycles. The quantitative estimate of drug-likeness (QED) is 0.747. The van der Waals surface area contributed by atoms with Crippen LogP contribution in [0.25, 0.3) is 11.1 Å². The maximum absolute atomic E-state index is 6.52. The van der Waals surface area contributed by atoms with E-state index in [0.29, 0.717) is 10.9 Å². The van der Waals surface area contributed by atoms with Crippen LogP contribution in [-0.2, 0) is 6.42 Å². The molecule has 0 bridgehead atoms. The summed E-state index contributed by atoms with van der Waals surface area (Å²) in [6, 6.07) is 10.6. The van der Waals surface area contributed by atoms with Crippen molar-refractivity contribution in [2.24, 2.45) is 5.92 Å². The highest BCUT2D eigenvalue weighted by Crippen LogP contribution is 2.47. The Morgan fingerprint density at radius 2 is 2.04 bits per heavy atom. The number of halogens is 2. The highest BCUT2D eigenvalue weighted by molar-refractivity contribution is 6.36. The van der Waals surface area contributed by atoms with Crippen molar-refractivity contribution in [3.8, 4) is 11.1 Å². The van der Waals surface area contributed by atoms with Gasteiger partial charge >= 0.3 is 0 Å². The molecule has 1 N–H and O–H groups in total. The van der Waals surface area contributed by atoms with Gasteiger partial charge in [0.2, 0.25) is 0 Å². The van der Waals surface area contributed by atoms with Gasteiger partial charge < -0.3 is 10.2 Å². The largest absolute Gasteiger partial charge is 0.371 e.